The number of allylic oxidation sites excluding steroid dienone is 1. The number of carbonyl (C=O) groups is 1. The van der Waals surface area contributed by atoms with Crippen LogP contribution >= 0.6 is 0 Å². The van der Waals surface area contributed by atoms with E-state index in [1.165, 1.54) is 23.1 Å². The van der Waals surface area contributed by atoms with Crippen LogP contribution in [0.2, 0.25) is 0 Å². The van der Waals surface area contributed by atoms with Crippen LogP contribution in [0.1, 0.15) is 67.1 Å². The molecule has 2 rings (SSSR count). The summed E-state index contributed by atoms with van der Waals surface area (Å²) in [5, 5.41) is 0. The Morgan fingerprint density at radius 2 is 1.85 bits per heavy atom. The Morgan fingerprint density at radius 3 is 2.54 bits per heavy atom. The highest BCUT2D eigenvalue weighted by Gasteiger charge is 2.10. The quantitative estimate of drug-likeness (QED) is 0.500. The van der Waals surface area contributed by atoms with Gasteiger partial charge in [0.05, 0.1) is 11.7 Å². The van der Waals surface area contributed by atoms with Crippen molar-refractivity contribution in [3.63, 3.8) is 0 Å². The molecule has 0 saturated carbocycles. The van der Waals surface area contributed by atoms with E-state index in [4.69, 9.17) is 4.74 Å². The van der Waals surface area contributed by atoms with Gasteiger partial charge in [-0.1, -0.05) is 68.8 Å². The van der Waals surface area contributed by atoms with Crippen molar-refractivity contribution in [2.75, 3.05) is 0 Å². The molecule has 0 aliphatic carbocycles. The Hall–Kier alpha value is -2.35. The number of benzene rings is 2. The van der Waals surface area contributed by atoms with Gasteiger partial charge in [-0.3, -0.25) is 0 Å². The highest BCUT2D eigenvalue weighted by molar-refractivity contribution is 5.89. The van der Waals surface area contributed by atoms with Crippen molar-refractivity contribution in [1.82, 2.24) is 0 Å². The summed E-state index contributed by atoms with van der Waals surface area (Å²) < 4.78 is 5.50. The smallest absolute Gasteiger partial charge is 0.338 e. The lowest BCUT2D eigenvalue weighted by molar-refractivity contribution is 0.0327. The summed E-state index contributed by atoms with van der Waals surface area (Å²) >= 11 is 0. The van der Waals surface area contributed by atoms with E-state index in [0.717, 1.165) is 25.7 Å². The fraction of sp³-hybridized carbons (Fsp3) is 0.375. The minimum absolute atomic E-state index is 0.0922. The van der Waals surface area contributed by atoms with E-state index in [0.29, 0.717) is 5.56 Å². The highest BCUT2D eigenvalue weighted by Crippen LogP contribution is 2.17. The van der Waals surface area contributed by atoms with Gasteiger partial charge in [0.25, 0.3) is 0 Å². The predicted molar refractivity (Wildman–Crippen MR) is 109 cm³/mol. The van der Waals surface area contributed by atoms with Gasteiger partial charge in [0.1, 0.15) is 0 Å². The molecule has 0 bridgehead atoms. The number of ether oxygens (including phenoxy) is 1. The van der Waals surface area contributed by atoms with Crippen molar-refractivity contribution in [2.45, 2.75) is 59.0 Å². The van der Waals surface area contributed by atoms with Crippen LogP contribution in [0.4, 0.5) is 0 Å². The van der Waals surface area contributed by atoms with Gasteiger partial charge in [0.2, 0.25) is 0 Å². The van der Waals surface area contributed by atoms with E-state index in [-0.39, 0.29) is 12.1 Å². The maximum Gasteiger partial charge on any atom is 0.338 e. The summed E-state index contributed by atoms with van der Waals surface area (Å²) in [6.07, 6.45) is 9.36. The van der Waals surface area contributed by atoms with Crippen LogP contribution in [0.3, 0.4) is 0 Å². The molecule has 0 amide bonds. The standard InChI is InChI=1S/C24H30O2/c1-4-11-23-18-20(16-17-21(23)5-2)13-10-9-12-19(3)26-24(25)22-14-7-6-8-15-22/h6-8,10,13-19H,4-5,9,11-12H2,1-3H3. The summed E-state index contributed by atoms with van der Waals surface area (Å²) in [7, 11) is 0. The van der Waals surface area contributed by atoms with Gasteiger partial charge in [-0.25, -0.2) is 4.79 Å². The number of rotatable bonds is 9. The van der Waals surface area contributed by atoms with Crippen LogP contribution < -0.4 is 0 Å². The highest BCUT2D eigenvalue weighted by atomic mass is 16.5. The summed E-state index contributed by atoms with van der Waals surface area (Å²) in [4.78, 5) is 12.0. The molecule has 2 aromatic carbocycles. The summed E-state index contributed by atoms with van der Waals surface area (Å²) in [6, 6.07) is 15.9. The maximum absolute atomic E-state index is 12.0. The van der Waals surface area contributed by atoms with Gasteiger partial charge >= 0.3 is 5.97 Å². The molecule has 0 aliphatic rings. The molecule has 2 heteroatoms. The molecule has 26 heavy (non-hydrogen) atoms. The number of hydrogen-bond acceptors (Lipinski definition) is 2. The fourth-order valence-electron chi connectivity index (χ4n) is 3.03. The third-order valence-electron chi connectivity index (χ3n) is 4.50. The Bertz CT molecular complexity index is 716. The van der Waals surface area contributed by atoms with Crippen LogP contribution in [-0.2, 0) is 17.6 Å². The molecule has 0 aliphatic heterocycles. The minimum atomic E-state index is -0.249. The third kappa shape index (κ3) is 6.18. The molecule has 0 saturated heterocycles. The molecule has 138 valence electrons. The Balaban J connectivity index is 1.83. The number of esters is 1. The van der Waals surface area contributed by atoms with Gasteiger partial charge < -0.3 is 4.74 Å². The molecule has 0 fully saturated rings. The zero-order valence-corrected chi connectivity index (χ0v) is 16.2. The molecular formula is C24H30O2. The molecular weight excluding hydrogens is 320 g/mol. The molecule has 0 aromatic heterocycles. The second-order valence-electron chi connectivity index (χ2n) is 6.69. The van der Waals surface area contributed by atoms with Crippen LogP contribution in [-0.4, -0.2) is 12.1 Å². The molecule has 2 nitrogen and oxygen atoms in total. The third-order valence-corrected chi connectivity index (χ3v) is 4.50. The van der Waals surface area contributed by atoms with Gasteiger partial charge in [-0.15, -0.1) is 0 Å². The van der Waals surface area contributed by atoms with Gasteiger partial charge in [-0.2, -0.15) is 0 Å². The molecule has 0 spiro atoms. The first-order valence-electron chi connectivity index (χ1n) is 9.68. The van der Waals surface area contributed by atoms with Gasteiger partial charge in [-0.05, 0) is 61.4 Å². The molecule has 1 unspecified atom stereocenters. The lowest BCUT2D eigenvalue weighted by Crippen LogP contribution is -2.14. The van der Waals surface area contributed by atoms with E-state index >= 15 is 0 Å². The van der Waals surface area contributed by atoms with E-state index in [9.17, 15) is 4.79 Å². The lowest BCUT2D eigenvalue weighted by Gasteiger charge is -2.12. The molecule has 2 aromatic rings. The van der Waals surface area contributed by atoms with Crippen molar-refractivity contribution in [3.05, 3.63) is 76.9 Å². The van der Waals surface area contributed by atoms with Crippen molar-refractivity contribution >= 4 is 12.0 Å². The van der Waals surface area contributed by atoms with E-state index in [1.807, 2.05) is 25.1 Å². The Labute approximate surface area is 157 Å². The second-order valence-corrected chi connectivity index (χ2v) is 6.69. The molecule has 0 N–H and O–H groups in total. The summed E-state index contributed by atoms with van der Waals surface area (Å²) in [5.41, 5.74) is 4.77. The molecule has 1 atom stereocenters. The topological polar surface area (TPSA) is 26.3 Å². The second kappa shape index (κ2) is 10.6. The maximum atomic E-state index is 12.0. The van der Waals surface area contributed by atoms with E-state index in [2.05, 4.69) is 44.2 Å². The minimum Gasteiger partial charge on any atom is -0.459 e. The SMILES string of the molecule is CCCc1cc(C=CCCC(C)OC(=O)c2ccccc2)ccc1CC. The fourth-order valence-corrected chi connectivity index (χ4v) is 3.03. The Morgan fingerprint density at radius 1 is 1.08 bits per heavy atom. The van der Waals surface area contributed by atoms with Gasteiger partial charge in [0.15, 0.2) is 0 Å². The zero-order valence-electron chi connectivity index (χ0n) is 16.2. The Kier molecular flexibility index (Phi) is 8.14. The van der Waals surface area contributed by atoms with Crippen molar-refractivity contribution in [3.8, 4) is 0 Å². The molecule has 0 heterocycles. The number of aryl methyl sites for hydroxylation is 2. The van der Waals surface area contributed by atoms with Crippen LogP contribution in [0.25, 0.3) is 6.08 Å². The van der Waals surface area contributed by atoms with E-state index < -0.39 is 0 Å². The van der Waals surface area contributed by atoms with Crippen molar-refractivity contribution in [1.29, 1.82) is 0 Å². The number of hydrogen-bond donors (Lipinski definition) is 0. The van der Waals surface area contributed by atoms with Crippen LogP contribution in [0, 0.1) is 0 Å². The zero-order chi connectivity index (χ0) is 18.8. The summed E-state index contributed by atoms with van der Waals surface area (Å²) in [5.74, 6) is -0.249. The number of carbonyl (C=O) groups excluding carboxylic acids is 1. The van der Waals surface area contributed by atoms with Crippen LogP contribution in [0.15, 0.2) is 54.6 Å². The lowest BCUT2D eigenvalue weighted by atomic mass is 9.98. The monoisotopic (exact) mass is 350 g/mol. The first-order chi connectivity index (χ1) is 12.6. The van der Waals surface area contributed by atoms with E-state index in [1.54, 1.807) is 12.1 Å². The average Bonchev–Trinajstić information content (AvgIpc) is 2.66. The van der Waals surface area contributed by atoms with Crippen LogP contribution in [0.5, 0.6) is 0 Å². The molecule has 0 radical (unpaired) electrons. The van der Waals surface area contributed by atoms with Crippen molar-refractivity contribution in [2.24, 2.45) is 0 Å². The largest absolute Gasteiger partial charge is 0.459 e. The first-order valence-corrected chi connectivity index (χ1v) is 9.68. The predicted octanol–water partition coefficient (Wildman–Crippen LogP) is 6.24. The van der Waals surface area contributed by atoms with Gasteiger partial charge in [0, 0.05) is 0 Å². The first kappa shape index (κ1) is 20.0. The summed E-state index contributed by atoms with van der Waals surface area (Å²) in [6.45, 7) is 6.38. The van der Waals surface area contributed by atoms with Crippen molar-refractivity contribution < 1.29 is 9.53 Å². The average molecular weight is 351 g/mol. The normalized spacial score (nSPS) is 12.3.